The molecule has 1 amide bonds. The first-order valence-electron chi connectivity index (χ1n) is 7.06. The maximum Gasteiger partial charge on any atom is 0.336 e. The predicted molar refractivity (Wildman–Crippen MR) is 78.8 cm³/mol. The van der Waals surface area contributed by atoms with Gasteiger partial charge in [0.15, 0.2) is 0 Å². The molecule has 2 unspecified atom stereocenters. The second-order valence-electron chi connectivity index (χ2n) is 5.60. The summed E-state index contributed by atoms with van der Waals surface area (Å²) >= 11 is 0. The molecule has 5 nitrogen and oxygen atoms in total. The van der Waals surface area contributed by atoms with Gasteiger partial charge in [0.05, 0.1) is 23.3 Å². The first kappa shape index (κ1) is 15.5. The lowest BCUT2D eigenvalue weighted by Crippen LogP contribution is -2.41. The van der Waals surface area contributed by atoms with Crippen LogP contribution in [0.25, 0.3) is 0 Å². The summed E-state index contributed by atoms with van der Waals surface area (Å²) in [5, 5.41) is 9.42. The van der Waals surface area contributed by atoms with Gasteiger partial charge in [-0.15, -0.1) is 0 Å². The predicted octanol–water partition coefficient (Wildman–Crippen LogP) is 2.25. The van der Waals surface area contributed by atoms with E-state index >= 15 is 0 Å². The van der Waals surface area contributed by atoms with Crippen LogP contribution in [-0.2, 0) is 4.74 Å². The molecular weight excluding hydrogens is 270 g/mol. The number of nitrogens with zero attached hydrogens (tertiary/aromatic N) is 1. The van der Waals surface area contributed by atoms with Crippen molar-refractivity contribution in [3.63, 3.8) is 0 Å². The number of hydrogen-bond acceptors (Lipinski definition) is 3. The van der Waals surface area contributed by atoms with Gasteiger partial charge in [0.25, 0.3) is 5.91 Å². The Morgan fingerprint density at radius 3 is 2.29 bits per heavy atom. The number of hydrogen-bond donors (Lipinski definition) is 1. The number of benzene rings is 1. The van der Waals surface area contributed by atoms with Gasteiger partial charge in [-0.2, -0.15) is 0 Å². The molecule has 2 rings (SSSR count). The van der Waals surface area contributed by atoms with Crippen LogP contribution in [0.1, 0.15) is 45.2 Å². The average Bonchev–Trinajstić information content (AvgIpc) is 2.85. The lowest BCUT2D eigenvalue weighted by Gasteiger charge is -2.28. The van der Waals surface area contributed by atoms with E-state index in [9.17, 15) is 14.7 Å². The number of likely N-dealkylation sites (N-methyl/N-ethyl adjacent to an activating group) is 1. The highest BCUT2D eigenvalue weighted by molar-refractivity contribution is 6.06. The molecule has 1 aromatic carbocycles. The lowest BCUT2D eigenvalue weighted by atomic mass is 9.95. The van der Waals surface area contributed by atoms with Crippen molar-refractivity contribution >= 4 is 11.9 Å². The molecule has 1 saturated heterocycles. The molecule has 1 aromatic rings. The number of ether oxygens (including phenoxy) is 1. The summed E-state index contributed by atoms with van der Waals surface area (Å²) in [6.45, 7) is 6.03. The second kappa shape index (κ2) is 5.85. The molecule has 0 radical (unpaired) electrons. The summed E-state index contributed by atoms with van der Waals surface area (Å²) in [4.78, 5) is 25.9. The normalized spacial score (nSPS) is 21.3. The number of rotatable bonds is 3. The van der Waals surface area contributed by atoms with Crippen LogP contribution < -0.4 is 0 Å². The monoisotopic (exact) mass is 291 g/mol. The molecule has 0 saturated carbocycles. The van der Waals surface area contributed by atoms with E-state index in [1.807, 2.05) is 6.92 Å². The van der Waals surface area contributed by atoms with Gasteiger partial charge in [-0.1, -0.05) is 12.1 Å². The summed E-state index contributed by atoms with van der Waals surface area (Å²) < 4.78 is 5.49. The minimum atomic E-state index is -1.07. The van der Waals surface area contributed by atoms with E-state index in [1.165, 1.54) is 0 Å². The summed E-state index contributed by atoms with van der Waals surface area (Å²) in [5.74, 6) is -1.32. The van der Waals surface area contributed by atoms with Crippen LogP contribution in [0, 0.1) is 13.8 Å². The molecule has 1 aliphatic heterocycles. The molecule has 1 heterocycles. The van der Waals surface area contributed by atoms with Crippen LogP contribution in [0.5, 0.6) is 0 Å². The highest BCUT2D eigenvalue weighted by Gasteiger charge is 2.33. The fraction of sp³-hybridized carbons (Fsp3) is 0.500. The lowest BCUT2D eigenvalue weighted by molar-refractivity contribution is 0.0564. The number of carboxylic acid groups (broad SMARTS) is 1. The zero-order valence-corrected chi connectivity index (χ0v) is 12.8. The van der Waals surface area contributed by atoms with E-state index in [-0.39, 0.29) is 29.2 Å². The van der Waals surface area contributed by atoms with Crippen LogP contribution in [0.4, 0.5) is 0 Å². The summed E-state index contributed by atoms with van der Waals surface area (Å²) in [5.41, 5.74) is 1.66. The van der Waals surface area contributed by atoms with Crippen molar-refractivity contribution in [3.8, 4) is 0 Å². The average molecular weight is 291 g/mol. The summed E-state index contributed by atoms with van der Waals surface area (Å²) in [6.07, 6.45) is 0.744. The zero-order chi connectivity index (χ0) is 15.7. The molecule has 1 N–H and O–H groups in total. The van der Waals surface area contributed by atoms with E-state index in [0.29, 0.717) is 17.7 Å². The molecule has 5 heteroatoms. The number of carbonyl (C=O) groups excluding carboxylic acids is 1. The van der Waals surface area contributed by atoms with Gasteiger partial charge in [-0.25, -0.2) is 4.79 Å². The Balaban J connectivity index is 2.43. The Kier molecular flexibility index (Phi) is 4.32. The maximum atomic E-state index is 12.8. The first-order valence-corrected chi connectivity index (χ1v) is 7.06. The molecule has 0 aromatic heterocycles. The van der Waals surface area contributed by atoms with Gasteiger partial charge >= 0.3 is 5.97 Å². The number of aryl methyl sites for hydroxylation is 2. The van der Waals surface area contributed by atoms with Crippen LogP contribution >= 0.6 is 0 Å². The van der Waals surface area contributed by atoms with Gasteiger partial charge in [0.1, 0.15) is 0 Å². The number of amides is 1. The van der Waals surface area contributed by atoms with Gasteiger partial charge < -0.3 is 14.7 Å². The van der Waals surface area contributed by atoms with Crippen LogP contribution in [-0.4, -0.2) is 47.7 Å². The Hall–Kier alpha value is -1.88. The molecule has 1 fully saturated rings. The van der Waals surface area contributed by atoms with E-state index in [2.05, 4.69) is 0 Å². The molecular formula is C16H21NO4. The smallest absolute Gasteiger partial charge is 0.336 e. The number of aromatic carboxylic acids is 1. The fourth-order valence-electron chi connectivity index (χ4n) is 2.92. The number of carbonyl (C=O) groups is 2. The topological polar surface area (TPSA) is 66.8 Å². The van der Waals surface area contributed by atoms with Gasteiger partial charge in [0, 0.05) is 13.7 Å². The number of carboxylic acids is 1. The standard InChI is InChI=1S/C16H21NO4/c1-9-5-6-10(2)14(16(19)20)13(9)15(18)17(4)12-7-8-21-11(12)3/h5-6,11-12H,7-8H2,1-4H3,(H,19,20). The van der Waals surface area contributed by atoms with Crippen molar-refractivity contribution < 1.29 is 19.4 Å². The van der Waals surface area contributed by atoms with Crippen molar-refractivity contribution in [3.05, 3.63) is 34.4 Å². The van der Waals surface area contributed by atoms with Crippen molar-refractivity contribution in [2.75, 3.05) is 13.7 Å². The van der Waals surface area contributed by atoms with Crippen molar-refractivity contribution in [2.24, 2.45) is 0 Å². The highest BCUT2D eigenvalue weighted by Crippen LogP contribution is 2.24. The first-order chi connectivity index (χ1) is 9.84. The Morgan fingerprint density at radius 1 is 1.24 bits per heavy atom. The Labute approximate surface area is 124 Å². The quantitative estimate of drug-likeness (QED) is 0.927. The molecule has 0 aliphatic carbocycles. The van der Waals surface area contributed by atoms with Gasteiger partial charge in [0.2, 0.25) is 0 Å². The summed E-state index contributed by atoms with van der Waals surface area (Å²) in [6, 6.07) is 3.51. The Bertz CT molecular complexity index is 582. The molecule has 0 spiro atoms. The van der Waals surface area contributed by atoms with E-state index in [4.69, 9.17) is 4.74 Å². The van der Waals surface area contributed by atoms with Crippen LogP contribution in [0.15, 0.2) is 12.1 Å². The van der Waals surface area contributed by atoms with Crippen LogP contribution in [0.2, 0.25) is 0 Å². The fourth-order valence-corrected chi connectivity index (χ4v) is 2.92. The van der Waals surface area contributed by atoms with Gasteiger partial charge in [-0.3, -0.25) is 4.79 Å². The van der Waals surface area contributed by atoms with E-state index in [1.54, 1.807) is 37.9 Å². The van der Waals surface area contributed by atoms with Crippen molar-refractivity contribution in [2.45, 2.75) is 39.3 Å². The van der Waals surface area contributed by atoms with E-state index in [0.717, 1.165) is 6.42 Å². The third-order valence-electron chi connectivity index (χ3n) is 4.20. The maximum absolute atomic E-state index is 12.8. The molecule has 21 heavy (non-hydrogen) atoms. The highest BCUT2D eigenvalue weighted by atomic mass is 16.5. The van der Waals surface area contributed by atoms with Crippen molar-refractivity contribution in [1.29, 1.82) is 0 Å². The largest absolute Gasteiger partial charge is 0.478 e. The minimum absolute atomic E-state index is 0.0148. The minimum Gasteiger partial charge on any atom is -0.478 e. The van der Waals surface area contributed by atoms with Crippen molar-refractivity contribution in [1.82, 2.24) is 4.90 Å². The molecule has 114 valence electrons. The van der Waals surface area contributed by atoms with E-state index < -0.39 is 5.97 Å². The zero-order valence-electron chi connectivity index (χ0n) is 12.8. The molecule has 0 bridgehead atoms. The second-order valence-corrected chi connectivity index (χ2v) is 5.60. The van der Waals surface area contributed by atoms with Crippen LogP contribution in [0.3, 0.4) is 0 Å². The summed E-state index contributed by atoms with van der Waals surface area (Å²) in [7, 11) is 1.71. The Morgan fingerprint density at radius 2 is 1.81 bits per heavy atom. The third kappa shape index (κ3) is 2.78. The third-order valence-corrected chi connectivity index (χ3v) is 4.20. The van der Waals surface area contributed by atoms with Gasteiger partial charge in [-0.05, 0) is 38.3 Å². The molecule has 1 aliphatic rings. The SMILES string of the molecule is Cc1ccc(C)c(C(=O)N(C)C2CCOC2C)c1C(=O)O. The molecule has 2 atom stereocenters.